The Morgan fingerprint density at radius 3 is 1.95 bits per heavy atom. The third-order valence-electron chi connectivity index (χ3n) is 3.70. The summed E-state index contributed by atoms with van der Waals surface area (Å²) in [4.78, 5) is 0. The molecule has 0 saturated carbocycles. The third-order valence-corrected chi connectivity index (χ3v) is 3.70. The van der Waals surface area contributed by atoms with Gasteiger partial charge >= 0.3 is 0 Å². The molecule has 0 saturated heterocycles. The normalized spacial score (nSPS) is 10.9. The van der Waals surface area contributed by atoms with Gasteiger partial charge in [-0.25, -0.2) is 0 Å². The van der Waals surface area contributed by atoms with Gasteiger partial charge in [-0.15, -0.1) is 0 Å². The predicted molar refractivity (Wildman–Crippen MR) is 80.8 cm³/mol. The van der Waals surface area contributed by atoms with Gasteiger partial charge in [0, 0.05) is 6.42 Å². The first-order chi connectivity index (χ1) is 9.85. The Bertz CT molecular complexity index is 690. The van der Waals surface area contributed by atoms with Crippen molar-refractivity contribution in [3.05, 3.63) is 51.6 Å². The largest absolute Gasteiger partial charge is 0.507 e. The van der Waals surface area contributed by atoms with E-state index in [0.717, 1.165) is 11.1 Å². The maximum atomic E-state index is 10.2. The molecule has 0 spiro atoms. The molecule has 0 fully saturated rings. The summed E-state index contributed by atoms with van der Waals surface area (Å²) in [6.07, 6.45) is 0.328. The Kier molecular flexibility index (Phi) is 4.09. The lowest BCUT2D eigenvalue weighted by Crippen LogP contribution is -1.97. The molecule has 0 unspecified atom stereocenters. The van der Waals surface area contributed by atoms with Crippen LogP contribution < -0.4 is 0 Å². The highest BCUT2D eigenvalue weighted by Gasteiger charge is 2.16. The lowest BCUT2D eigenvalue weighted by atomic mass is 9.95. The number of aryl methyl sites for hydroxylation is 3. The van der Waals surface area contributed by atoms with E-state index in [4.69, 9.17) is 0 Å². The first kappa shape index (κ1) is 15.2. The van der Waals surface area contributed by atoms with Crippen molar-refractivity contribution in [1.29, 1.82) is 0 Å². The van der Waals surface area contributed by atoms with Crippen molar-refractivity contribution in [1.82, 2.24) is 0 Å². The number of aliphatic hydroxyl groups is 1. The second-order valence-corrected chi connectivity index (χ2v) is 5.45. The molecular weight excluding hydrogens is 268 g/mol. The number of phenols is 3. The molecule has 4 heteroatoms. The summed E-state index contributed by atoms with van der Waals surface area (Å²) in [6.45, 7) is 5.04. The van der Waals surface area contributed by atoms with Crippen molar-refractivity contribution in [2.24, 2.45) is 0 Å². The van der Waals surface area contributed by atoms with Crippen molar-refractivity contribution >= 4 is 0 Å². The van der Waals surface area contributed by atoms with Crippen molar-refractivity contribution < 1.29 is 20.4 Å². The van der Waals surface area contributed by atoms with E-state index < -0.39 is 6.61 Å². The van der Waals surface area contributed by atoms with Gasteiger partial charge in [0.2, 0.25) is 0 Å². The van der Waals surface area contributed by atoms with Crippen LogP contribution in [0.2, 0.25) is 0 Å². The smallest absolute Gasteiger partial charge is 0.128 e. The Morgan fingerprint density at radius 2 is 1.33 bits per heavy atom. The van der Waals surface area contributed by atoms with Crippen molar-refractivity contribution in [3.8, 4) is 17.2 Å². The monoisotopic (exact) mass is 288 g/mol. The van der Waals surface area contributed by atoms with E-state index in [0.29, 0.717) is 23.1 Å². The van der Waals surface area contributed by atoms with E-state index in [-0.39, 0.29) is 22.8 Å². The standard InChI is InChI=1S/C17H20O4/c1-9-4-10(2)15(19)12(5-9)7-13-6-11(3)16(20)14(8-18)17(13)21/h4-6,18-21H,7-8H2,1-3H3. The number of aromatic hydroxyl groups is 3. The zero-order valence-corrected chi connectivity index (χ0v) is 12.4. The number of benzene rings is 2. The Morgan fingerprint density at radius 1 is 0.762 bits per heavy atom. The summed E-state index contributed by atoms with van der Waals surface area (Å²) in [5, 5.41) is 39.5. The molecule has 0 aliphatic rings. The zero-order chi connectivity index (χ0) is 15.7. The van der Waals surface area contributed by atoms with Gasteiger partial charge in [0.05, 0.1) is 12.2 Å². The molecule has 21 heavy (non-hydrogen) atoms. The van der Waals surface area contributed by atoms with E-state index in [1.54, 1.807) is 13.0 Å². The van der Waals surface area contributed by atoms with Gasteiger partial charge in [0.25, 0.3) is 0 Å². The van der Waals surface area contributed by atoms with Crippen LogP contribution >= 0.6 is 0 Å². The fraction of sp³-hybridized carbons (Fsp3) is 0.294. The Labute approximate surface area is 123 Å². The number of aliphatic hydroxyl groups excluding tert-OH is 1. The number of hydrogen-bond donors (Lipinski definition) is 4. The maximum Gasteiger partial charge on any atom is 0.128 e. The second kappa shape index (κ2) is 5.66. The lowest BCUT2D eigenvalue weighted by molar-refractivity contribution is 0.268. The molecule has 2 aromatic carbocycles. The van der Waals surface area contributed by atoms with E-state index in [9.17, 15) is 20.4 Å². The summed E-state index contributed by atoms with van der Waals surface area (Å²) in [7, 11) is 0. The zero-order valence-electron chi connectivity index (χ0n) is 12.4. The molecule has 0 radical (unpaired) electrons. The van der Waals surface area contributed by atoms with Gasteiger partial charge in [-0.1, -0.05) is 17.7 Å². The molecule has 0 aromatic heterocycles. The lowest BCUT2D eigenvalue weighted by Gasteiger charge is -2.14. The van der Waals surface area contributed by atoms with Gasteiger partial charge in [-0.2, -0.15) is 0 Å². The predicted octanol–water partition coefficient (Wildman–Crippen LogP) is 2.81. The molecule has 4 N–H and O–H groups in total. The van der Waals surface area contributed by atoms with Crippen molar-refractivity contribution in [2.75, 3.05) is 0 Å². The van der Waals surface area contributed by atoms with Gasteiger partial charge in [0.1, 0.15) is 17.2 Å². The molecule has 2 aromatic rings. The molecule has 2 rings (SSSR count). The summed E-state index contributed by atoms with van der Waals surface area (Å²) < 4.78 is 0. The van der Waals surface area contributed by atoms with Crippen LogP contribution in [-0.4, -0.2) is 20.4 Å². The van der Waals surface area contributed by atoms with E-state index in [1.165, 1.54) is 0 Å². The van der Waals surface area contributed by atoms with Gasteiger partial charge in [-0.3, -0.25) is 0 Å². The fourth-order valence-electron chi connectivity index (χ4n) is 2.61. The fourth-order valence-corrected chi connectivity index (χ4v) is 2.61. The van der Waals surface area contributed by atoms with Gasteiger partial charge in [0.15, 0.2) is 0 Å². The summed E-state index contributed by atoms with van der Waals surface area (Å²) in [5.41, 5.74) is 3.77. The first-order valence-electron chi connectivity index (χ1n) is 6.78. The minimum Gasteiger partial charge on any atom is -0.507 e. The number of hydrogen-bond acceptors (Lipinski definition) is 4. The van der Waals surface area contributed by atoms with E-state index in [1.807, 2.05) is 26.0 Å². The quantitative estimate of drug-likeness (QED) is 0.700. The van der Waals surface area contributed by atoms with Crippen LogP contribution in [0.3, 0.4) is 0 Å². The van der Waals surface area contributed by atoms with Gasteiger partial charge < -0.3 is 20.4 Å². The third kappa shape index (κ3) is 2.81. The van der Waals surface area contributed by atoms with Crippen LogP contribution in [0.4, 0.5) is 0 Å². The van der Waals surface area contributed by atoms with Crippen LogP contribution in [0.15, 0.2) is 18.2 Å². The maximum absolute atomic E-state index is 10.2. The molecule has 112 valence electrons. The molecule has 0 amide bonds. The number of rotatable bonds is 3. The Balaban J connectivity index is 2.53. The van der Waals surface area contributed by atoms with Gasteiger partial charge in [-0.05, 0) is 49.1 Å². The average Bonchev–Trinajstić information content (AvgIpc) is 2.42. The van der Waals surface area contributed by atoms with E-state index >= 15 is 0 Å². The van der Waals surface area contributed by atoms with E-state index in [2.05, 4.69) is 0 Å². The summed E-state index contributed by atoms with van der Waals surface area (Å²) in [5.74, 6) is -0.0150. The molecular formula is C17H20O4. The van der Waals surface area contributed by atoms with Crippen molar-refractivity contribution in [3.63, 3.8) is 0 Å². The topological polar surface area (TPSA) is 80.9 Å². The minimum atomic E-state index is -0.439. The summed E-state index contributed by atoms with van der Waals surface area (Å²) in [6, 6.07) is 5.42. The summed E-state index contributed by atoms with van der Waals surface area (Å²) >= 11 is 0. The second-order valence-electron chi connectivity index (χ2n) is 5.45. The van der Waals surface area contributed by atoms with Crippen LogP contribution in [0.1, 0.15) is 33.4 Å². The molecule has 0 heterocycles. The SMILES string of the molecule is Cc1cc(C)c(O)c(Cc2cc(C)c(O)c(CO)c2O)c1. The van der Waals surface area contributed by atoms with Crippen LogP contribution in [0.5, 0.6) is 17.2 Å². The molecule has 4 nitrogen and oxygen atoms in total. The highest BCUT2D eigenvalue weighted by Crippen LogP contribution is 2.36. The highest BCUT2D eigenvalue weighted by molar-refractivity contribution is 5.55. The number of phenolic OH excluding ortho intramolecular Hbond substituents is 1. The molecule has 0 aliphatic heterocycles. The first-order valence-corrected chi connectivity index (χ1v) is 6.78. The van der Waals surface area contributed by atoms with Crippen LogP contribution in [0, 0.1) is 20.8 Å². The van der Waals surface area contributed by atoms with Crippen LogP contribution in [-0.2, 0) is 13.0 Å². The van der Waals surface area contributed by atoms with Crippen molar-refractivity contribution in [2.45, 2.75) is 33.8 Å². The van der Waals surface area contributed by atoms with Crippen LogP contribution in [0.25, 0.3) is 0 Å². The molecule has 0 atom stereocenters. The molecule has 0 aliphatic carbocycles. The highest BCUT2D eigenvalue weighted by atomic mass is 16.3. The Hall–Kier alpha value is -2.20. The average molecular weight is 288 g/mol. The minimum absolute atomic E-state index is 0.0941. The molecule has 0 bridgehead atoms.